The number of para-hydroxylation sites is 1. The lowest BCUT2D eigenvalue weighted by Gasteiger charge is -2.13. The molecule has 1 aromatic carbocycles. The summed E-state index contributed by atoms with van der Waals surface area (Å²) >= 11 is 0. The van der Waals surface area contributed by atoms with E-state index in [4.69, 9.17) is 5.26 Å². The average Bonchev–Trinajstić information content (AvgIpc) is 2.28. The number of hydrogen-bond donors (Lipinski definition) is 1. The molecule has 0 saturated heterocycles. The molecule has 0 aromatic heterocycles. The average molecular weight is 280 g/mol. The van der Waals surface area contributed by atoms with Crippen LogP contribution in [-0.4, -0.2) is 25.8 Å². The van der Waals surface area contributed by atoms with Gasteiger partial charge >= 0.3 is 0 Å². The van der Waals surface area contributed by atoms with E-state index in [1.807, 2.05) is 26.0 Å². The number of carbonyl (C=O) groups is 1. The van der Waals surface area contributed by atoms with Crippen LogP contribution in [0.25, 0.3) is 0 Å². The number of carbonyl (C=O) groups excluding carboxylic acids is 1. The molecule has 0 bridgehead atoms. The van der Waals surface area contributed by atoms with Crippen LogP contribution in [-0.2, 0) is 14.6 Å². The molecule has 102 valence electrons. The highest BCUT2D eigenvalue weighted by Crippen LogP contribution is 2.23. The van der Waals surface area contributed by atoms with Gasteiger partial charge in [0.25, 0.3) is 0 Å². The van der Waals surface area contributed by atoms with Crippen LogP contribution in [0.2, 0.25) is 0 Å². The molecule has 0 saturated carbocycles. The fraction of sp³-hybridized carbons (Fsp3) is 0.385. The molecule has 0 radical (unpaired) electrons. The summed E-state index contributed by atoms with van der Waals surface area (Å²) in [5.74, 6) is -1.73. The number of rotatable bonds is 5. The van der Waals surface area contributed by atoms with Crippen molar-refractivity contribution in [2.24, 2.45) is 0 Å². The predicted octanol–water partition coefficient (Wildman–Crippen LogP) is 1.69. The van der Waals surface area contributed by atoms with Gasteiger partial charge in [0, 0.05) is 5.69 Å². The van der Waals surface area contributed by atoms with Crippen molar-refractivity contribution in [3.63, 3.8) is 0 Å². The molecule has 0 fully saturated rings. The van der Waals surface area contributed by atoms with Crippen LogP contribution < -0.4 is 5.32 Å². The standard InChI is InChI=1S/C13H16N2O3S/c1-10(2)11-5-3-4-6-12(11)15-13(16)9-19(17,18)8-7-14/h3-6,10H,8-9H2,1-2H3,(H,15,16). The topological polar surface area (TPSA) is 87.0 Å². The van der Waals surface area contributed by atoms with Gasteiger partial charge in [0.2, 0.25) is 5.91 Å². The first kappa shape index (κ1) is 15.2. The Bertz CT molecular complexity index is 601. The molecule has 0 aliphatic carbocycles. The van der Waals surface area contributed by atoms with E-state index in [1.165, 1.54) is 6.07 Å². The van der Waals surface area contributed by atoms with Gasteiger partial charge in [0.1, 0.15) is 11.5 Å². The van der Waals surface area contributed by atoms with Crippen LogP contribution in [0, 0.1) is 11.3 Å². The molecule has 0 spiro atoms. The largest absolute Gasteiger partial charge is 0.325 e. The quantitative estimate of drug-likeness (QED) is 0.889. The Morgan fingerprint density at radius 1 is 1.37 bits per heavy atom. The van der Waals surface area contributed by atoms with Crippen molar-refractivity contribution in [1.29, 1.82) is 5.26 Å². The number of sulfone groups is 1. The third kappa shape index (κ3) is 4.72. The van der Waals surface area contributed by atoms with Crippen LogP contribution in [0.5, 0.6) is 0 Å². The summed E-state index contributed by atoms with van der Waals surface area (Å²) in [6, 6.07) is 8.77. The molecule has 1 amide bonds. The molecule has 0 heterocycles. The van der Waals surface area contributed by atoms with Gasteiger partial charge in [-0.2, -0.15) is 5.26 Å². The van der Waals surface area contributed by atoms with Crippen LogP contribution in [0.4, 0.5) is 5.69 Å². The fourth-order valence-corrected chi connectivity index (χ4v) is 2.42. The summed E-state index contributed by atoms with van der Waals surface area (Å²) in [7, 11) is -3.66. The summed E-state index contributed by atoms with van der Waals surface area (Å²) in [5.41, 5.74) is 1.54. The zero-order valence-electron chi connectivity index (χ0n) is 10.9. The van der Waals surface area contributed by atoms with Crippen molar-refractivity contribution >= 4 is 21.4 Å². The Morgan fingerprint density at radius 3 is 2.58 bits per heavy atom. The third-order valence-corrected chi connectivity index (χ3v) is 3.76. The molecule has 1 rings (SSSR count). The molecule has 1 N–H and O–H groups in total. The Hall–Kier alpha value is -1.87. The monoisotopic (exact) mass is 280 g/mol. The number of anilines is 1. The Labute approximate surface area is 113 Å². The molecule has 6 heteroatoms. The van der Waals surface area contributed by atoms with E-state index < -0.39 is 27.3 Å². The van der Waals surface area contributed by atoms with Crippen LogP contribution in [0.1, 0.15) is 25.3 Å². The number of nitrogens with zero attached hydrogens (tertiary/aromatic N) is 1. The van der Waals surface area contributed by atoms with Gasteiger partial charge in [-0.15, -0.1) is 0 Å². The lowest BCUT2D eigenvalue weighted by atomic mass is 10.0. The highest BCUT2D eigenvalue weighted by molar-refractivity contribution is 7.92. The van der Waals surface area contributed by atoms with E-state index in [2.05, 4.69) is 5.32 Å². The van der Waals surface area contributed by atoms with E-state index in [9.17, 15) is 13.2 Å². The Kier molecular flexibility index (Phi) is 5.07. The van der Waals surface area contributed by atoms with Crippen LogP contribution in [0.15, 0.2) is 24.3 Å². The SMILES string of the molecule is CC(C)c1ccccc1NC(=O)CS(=O)(=O)CC#N. The van der Waals surface area contributed by atoms with E-state index in [0.717, 1.165) is 5.56 Å². The van der Waals surface area contributed by atoms with Crippen molar-refractivity contribution in [2.45, 2.75) is 19.8 Å². The van der Waals surface area contributed by atoms with E-state index in [1.54, 1.807) is 12.1 Å². The lowest BCUT2D eigenvalue weighted by molar-refractivity contribution is -0.113. The van der Waals surface area contributed by atoms with Gasteiger partial charge in [-0.1, -0.05) is 32.0 Å². The van der Waals surface area contributed by atoms with E-state index in [0.29, 0.717) is 5.69 Å². The summed E-state index contributed by atoms with van der Waals surface area (Å²) in [6.07, 6.45) is 0. The number of amides is 1. The highest BCUT2D eigenvalue weighted by atomic mass is 32.2. The van der Waals surface area contributed by atoms with Crippen LogP contribution >= 0.6 is 0 Å². The predicted molar refractivity (Wildman–Crippen MR) is 73.4 cm³/mol. The van der Waals surface area contributed by atoms with Gasteiger partial charge in [-0.05, 0) is 17.5 Å². The van der Waals surface area contributed by atoms with Crippen molar-refractivity contribution in [1.82, 2.24) is 0 Å². The second-order valence-electron chi connectivity index (χ2n) is 4.48. The first-order valence-corrected chi connectivity index (χ1v) is 7.64. The lowest BCUT2D eigenvalue weighted by Crippen LogP contribution is -2.24. The number of benzene rings is 1. The van der Waals surface area contributed by atoms with Crippen molar-refractivity contribution in [2.75, 3.05) is 16.8 Å². The summed E-state index contributed by atoms with van der Waals surface area (Å²) in [6.45, 7) is 3.97. The van der Waals surface area contributed by atoms with Crippen molar-refractivity contribution in [3.8, 4) is 6.07 Å². The van der Waals surface area contributed by atoms with Gasteiger partial charge in [0.15, 0.2) is 9.84 Å². The molecule has 1 aromatic rings. The molecule has 5 nitrogen and oxygen atoms in total. The first-order valence-electron chi connectivity index (χ1n) is 5.82. The Balaban J connectivity index is 2.82. The normalized spacial score (nSPS) is 11.1. The van der Waals surface area contributed by atoms with Crippen LogP contribution in [0.3, 0.4) is 0 Å². The maximum atomic E-state index is 11.7. The molecule has 0 unspecified atom stereocenters. The highest BCUT2D eigenvalue weighted by Gasteiger charge is 2.17. The van der Waals surface area contributed by atoms with Gasteiger partial charge in [-0.3, -0.25) is 4.79 Å². The summed E-state index contributed by atoms with van der Waals surface area (Å²) in [5, 5.41) is 10.9. The number of nitrogens with one attached hydrogen (secondary N) is 1. The zero-order chi connectivity index (χ0) is 14.5. The summed E-state index contributed by atoms with van der Waals surface area (Å²) < 4.78 is 22.7. The first-order chi connectivity index (χ1) is 8.85. The third-order valence-electron chi connectivity index (χ3n) is 2.49. The van der Waals surface area contributed by atoms with Crippen molar-refractivity contribution in [3.05, 3.63) is 29.8 Å². The second kappa shape index (κ2) is 6.34. The zero-order valence-corrected chi connectivity index (χ0v) is 11.7. The van der Waals surface area contributed by atoms with Crippen molar-refractivity contribution < 1.29 is 13.2 Å². The van der Waals surface area contributed by atoms with E-state index >= 15 is 0 Å². The van der Waals surface area contributed by atoms with Gasteiger partial charge < -0.3 is 5.32 Å². The molecular weight excluding hydrogens is 264 g/mol. The van der Waals surface area contributed by atoms with Gasteiger partial charge in [0.05, 0.1) is 6.07 Å². The van der Waals surface area contributed by atoms with E-state index in [-0.39, 0.29) is 5.92 Å². The maximum Gasteiger partial charge on any atom is 0.239 e. The van der Waals surface area contributed by atoms with Gasteiger partial charge in [-0.25, -0.2) is 8.42 Å². The minimum Gasteiger partial charge on any atom is -0.325 e. The molecule has 0 aliphatic rings. The minimum absolute atomic E-state index is 0.215. The number of hydrogen-bond acceptors (Lipinski definition) is 4. The molecule has 0 aliphatic heterocycles. The number of nitriles is 1. The molecule has 0 atom stereocenters. The fourth-order valence-electron chi connectivity index (χ4n) is 1.65. The molecular formula is C13H16N2O3S. The summed E-state index contributed by atoms with van der Waals surface area (Å²) in [4.78, 5) is 11.7. The molecule has 19 heavy (non-hydrogen) atoms. The minimum atomic E-state index is -3.66. The Morgan fingerprint density at radius 2 is 2.00 bits per heavy atom. The second-order valence-corrected chi connectivity index (χ2v) is 6.54. The maximum absolute atomic E-state index is 11.7. The smallest absolute Gasteiger partial charge is 0.239 e.